The molecule has 110 valence electrons. The lowest BCUT2D eigenvalue weighted by molar-refractivity contribution is -0.134. The van der Waals surface area contributed by atoms with Gasteiger partial charge in [-0.1, -0.05) is 0 Å². The molecule has 0 aromatic heterocycles. The molecule has 0 bridgehead atoms. The molecule has 2 nitrogen and oxygen atoms in total. The van der Waals surface area contributed by atoms with Gasteiger partial charge in [-0.15, -0.1) is 11.8 Å². The molecule has 1 fully saturated rings. The van der Waals surface area contributed by atoms with E-state index in [1.165, 1.54) is 12.1 Å². The molecule has 0 aliphatic carbocycles. The van der Waals surface area contributed by atoms with Crippen molar-refractivity contribution in [2.45, 2.75) is 50.1 Å². The van der Waals surface area contributed by atoms with Crippen molar-refractivity contribution >= 4 is 17.7 Å². The maximum absolute atomic E-state index is 13.5. The molecule has 1 aliphatic heterocycles. The van der Waals surface area contributed by atoms with Crippen LogP contribution in [0.4, 0.5) is 8.78 Å². The third-order valence-electron chi connectivity index (χ3n) is 3.73. The van der Waals surface area contributed by atoms with E-state index in [0.717, 1.165) is 37.1 Å². The van der Waals surface area contributed by atoms with Crippen LogP contribution >= 0.6 is 11.8 Å². The summed E-state index contributed by atoms with van der Waals surface area (Å²) in [5.41, 5.74) is 0. The van der Waals surface area contributed by atoms with E-state index in [2.05, 4.69) is 13.8 Å². The fourth-order valence-electron chi connectivity index (χ4n) is 2.72. The van der Waals surface area contributed by atoms with Crippen molar-refractivity contribution in [2.75, 3.05) is 5.75 Å². The Morgan fingerprint density at radius 1 is 1.30 bits per heavy atom. The Morgan fingerprint density at radius 2 is 1.95 bits per heavy atom. The van der Waals surface area contributed by atoms with E-state index < -0.39 is 11.6 Å². The molecule has 0 N–H and O–H groups in total. The predicted molar refractivity (Wildman–Crippen MR) is 76.7 cm³/mol. The summed E-state index contributed by atoms with van der Waals surface area (Å²) in [6.45, 7) is 4.10. The fourth-order valence-corrected chi connectivity index (χ4v) is 3.51. The number of amides is 1. The minimum Gasteiger partial charge on any atom is -0.337 e. The fraction of sp³-hybridized carbons (Fsp3) is 0.533. The summed E-state index contributed by atoms with van der Waals surface area (Å²) in [5.74, 6) is -0.991. The summed E-state index contributed by atoms with van der Waals surface area (Å²) in [6, 6.07) is 3.92. The summed E-state index contributed by atoms with van der Waals surface area (Å²) in [5, 5.41) is 0. The van der Waals surface area contributed by atoms with Crippen LogP contribution < -0.4 is 0 Å². The smallest absolute Gasteiger partial charge is 0.233 e. The molecule has 0 spiro atoms. The molecule has 1 heterocycles. The van der Waals surface area contributed by atoms with E-state index >= 15 is 0 Å². The Hall–Kier alpha value is -1.10. The number of benzene rings is 1. The van der Waals surface area contributed by atoms with Crippen molar-refractivity contribution in [1.29, 1.82) is 0 Å². The summed E-state index contributed by atoms with van der Waals surface area (Å²) < 4.78 is 26.3. The molecular formula is C15H19F2NOS. The highest BCUT2D eigenvalue weighted by Crippen LogP contribution is 2.26. The van der Waals surface area contributed by atoms with Crippen molar-refractivity contribution in [3.63, 3.8) is 0 Å². The van der Waals surface area contributed by atoms with Crippen molar-refractivity contribution in [3.8, 4) is 0 Å². The molecule has 0 radical (unpaired) electrons. The van der Waals surface area contributed by atoms with Crippen LogP contribution in [0, 0.1) is 11.6 Å². The Bertz CT molecular complexity index is 485. The molecule has 20 heavy (non-hydrogen) atoms. The van der Waals surface area contributed by atoms with Crippen LogP contribution in [-0.4, -0.2) is 28.6 Å². The molecule has 2 atom stereocenters. The average Bonchev–Trinajstić information content (AvgIpc) is 2.37. The monoisotopic (exact) mass is 299 g/mol. The summed E-state index contributed by atoms with van der Waals surface area (Å²) in [4.78, 5) is 14.5. The topological polar surface area (TPSA) is 20.3 Å². The number of nitrogens with zero attached hydrogens (tertiary/aromatic N) is 1. The molecule has 1 aromatic rings. The van der Waals surface area contributed by atoms with Gasteiger partial charge in [0, 0.05) is 23.0 Å². The molecule has 1 saturated heterocycles. The van der Waals surface area contributed by atoms with Crippen molar-refractivity contribution in [3.05, 3.63) is 29.8 Å². The lowest BCUT2D eigenvalue weighted by Gasteiger charge is -2.39. The Labute approximate surface area is 122 Å². The predicted octanol–water partition coefficient (Wildman–Crippen LogP) is 3.85. The van der Waals surface area contributed by atoms with Crippen molar-refractivity contribution in [1.82, 2.24) is 4.90 Å². The highest BCUT2D eigenvalue weighted by Gasteiger charge is 2.28. The van der Waals surface area contributed by atoms with Gasteiger partial charge in [0.1, 0.15) is 11.6 Å². The molecule has 0 saturated carbocycles. The third kappa shape index (κ3) is 3.51. The Morgan fingerprint density at radius 3 is 2.55 bits per heavy atom. The summed E-state index contributed by atoms with van der Waals surface area (Å²) >= 11 is 1.13. The number of rotatable bonds is 3. The zero-order chi connectivity index (χ0) is 14.7. The quantitative estimate of drug-likeness (QED) is 0.790. The van der Waals surface area contributed by atoms with Gasteiger partial charge >= 0.3 is 0 Å². The van der Waals surface area contributed by atoms with Crippen LogP contribution in [-0.2, 0) is 4.79 Å². The second kappa shape index (κ2) is 6.57. The van der Waals surface area contributed by atoms with Crippen LogP contribution in [0.2, 0.25) is 0 Å². The van der Waals surface area contributed by atoms with E-state index in [1.54, 1.807) is 0 Å². The van der Waals surface area contributed by atoms with Gasteiger partial charge in [0.05, 0.1) is 5.75 Å². The van der Waals surface area contributed by atoms with Gasteiger partial charge in [0.15, 0.2) is 0 Å². The van der Waals surface area contributed by atoms with Gasteiger partial charge in [-0.25, -0.2) is 8.78 Å². The summed E-state index contributed by atoms with van der Waals surface area (Å²) in [7, 11) is 0. The number of likely N-dealkylation sites (tertiary alicyclic amines) is 1. The zero-order valence-corrected chi connectivity index (χ0v) is 12.6. The van der Waals surface area contributed by atoms with Crippen LogP contribution in [0.25, 0.3) is 0 Å². The molecule has 1 aromatic carbocycles. The highest BCUT2D eigenvalue weighted by molar-refractivity contribution is 8.00. The second-order valence-electron chi connectivity index (χ2n) is 5.29. The first-order valence-electron chi connectivity index (χ1n) is 6.88. The standard InChI is InChI=1S/C15H19F2NOS/c1-10-4-3-5-11(2)18(10)15(19)9-20-14-7-6-12(16)8-13(14)17/h6-8,10-11H,3-5,9H2,1-2H3. The molecule has 1 aliphatic rings. The van der Waals surface area contributed by atoms with E-state index in [1.807, 2.05) is 4.90 Å². The zero-order valence-electron chi connectivity index (χ0n) is 11.7. The molecule has 5 heteroatoms. The number of carbonyl (C=O) groups is 1. The first kappa shape index (κ1) is 15.3. The maximum Gasteiger partial charge on any atom is 0.233 e. The lowest BCUT2D eigenvalue weighted by Crippen LogP contribution is -2.48. The number of piperidine rings is 1. The third-order valence-corrected chi connectivity index (χ3v) is 4.76. The van der Waals surface area contributed by atoms with Crippen LogP contribution in [0.1, 0.15) is 33.1 Å². The average molecular weight is 299 g/mol. The van der Waals surface area contributed by atoms with Gasteiger partial charge in [-0.2, -0.15) is 0 Å². The van der Waals surface area contributed by atoms with Crippen LogP contribution in [0.3, 0.4) is 0 Å². The minimum atomic E-state index is -0.609. The lowest BCUT2D eigenvalue weighted by atomic mass is 9.98. The van der Waals surface area contributed by atoms with Crippen molar-refractivity contribution in [2.24, 2.45) is 0 Å². The summed E-state index contributed by atoms with van der Waals surface area (Å²) in [6.07, 6.45) is 3.18. The number of hydrogen-bond donors (Lipinski definition) is 0. The highest BCUT2D eigenvalue weighted by atomic mass is 32.2. The maximum atomic E-state index is 13.5. The van der Waals surface area contributed by atoms with Crippen molar-refractivity contribution < 1.29 is 13.6 Å². The van der Waals surface area contributed by atoms with E-state index in [0.29, 0.717) is 4.90 Å². The molecule has 2 unspecified atom stereocenters. The van der Waals surface area contributed by atoms with Gasteiger partial charge in [-0.05, 0) is 45.2 Å². The van der Waals surface area contributed by atoms with Crippen LogP contribution in [0.15, 0.2) is 23.1 Å². The second-order valence-corrected chi connectivity index (χ2v) is 6.31. The van der Waals surface area contributed by atoms with Gasteiger partial charge < -0.3 is 4.90 Å². The van der Waals surface area contributed by atoms with Gasteiger partial charge in [0.25, 0.3) is 0 Å². The Kier molecular flexibility index (Phi) is 5.02. The van der Waals surface area contributed by atoms with E-state index in [9.17, 15) is 13.6 Å². The van der Waals surface area contributed by atoms with Gasteiger partial charge in [0.2, 0.25) is 5.91 Å². The molecule has 2 rings (SSSR count). The number of hydrogen-bond acceptors (Lipinski definition) is 2. The number of halogens is 2. The normalized spacial score (nSPS) is 22.9. The Balaban J connectivity index is 1.97. The minimum absolute atomic E-state index is 0.0263. The van der Waals surface area contributed by atoms with Gasteiger partial charge in [-0.3, -0.25) is 4.79 Å². The van der Waals surface area contributed by atoms with E-state index in [4.69, 9.17) is 0 Å². The number of thioether (sulfide) groups is 1. The van der Waals surface area contributed by atoms with E-state index in [-0.39, 0.29) is 23.7 Å². The first-order chi connectivity index (χ1) is 9.49. The number of carbonyl (C=O) groups excluding carboxylic acids is 1. The van der Waals surface area contributed by atoms with Crippen LogP contribution in [0.5, 0.6) is 0 Å². The first-order valence-corrected chi connectivity index (χ1v) is 7.86. The SMILES string of the molecule is CC1CCCC(C)N1C(=O)CSc1ccc(F)cc1F. The molecular weight excluding hydrogens is 280 g/mol. The molecule has 1 amide bonds. The largest absolute Gasteiger partial charge is 0.337 e.